The molecule has 1 N–H and O–H groups in total. The van der Waals surface area contributed by atoms with E-state index < -0.39 is 10.0 Å². The van der Waals surface area contributed by atoms with Crippen molar-refractivity contribution in [2.24, 2.45) is 0 Å². The van der Waals surface area contributed by atoms with Crippen LogP contribution in [0.1, 0.15) is 18.4 Å². The monoisotopic (exact) mass is 289 g/mol. The molecular formula is C10H12BrNO2S. The topological polar surface area (TPSA) is 46.2 Å². The normalized spacial score (nSPS) is 16.3. The molecule has 0 spiro atoms. The van der Waals surface area contributed by atoms with E-state index in [0.29, 0.717) is 5.69 Å². The summed E-state index contributed by atoms with van der Waals surface area (Å²) in [5.41, 5.74) is 1.77. The van der Waals surface area contributed by atoms with Gasteiger partial charge in [-0.2, -0.15) is 0 Å². The van der Waals surface area contributed by atoms with Gasteiger partial charge in [0.1, 0.15) is 0 Å². The molecule has 0 bridgehead atoms. The standard InChI is InChI=1S/C10H12BrNO2S/c11-7-8-1-3-9(4-2-8)12-15(13,14)10-5-6-10/h1-4,10,12H,5-7H2. The first-order valence-corrected chi connectivity index (χ1v) is 7.45. The highest BCUT2D eigenvalue weighted by atomic mass is 79.9. The molecule has 1 saturated carbocycles. The summed E-state index contributed by atoms with van der Waals surface area (Å²) < 4.78 is 25.8. The number of hydrogen-bond donors (Lipinski definition) is 1. The van der Waals surface area contributed by atoms with Gasteiger partial charge < -0.3 is 0 Å². The van der Waals surface area contributed by atoms with Crippen LogP contribution < -0.4 is 4.72 Å². The fourth-order valence-electron chi connectivity index (χ4n) is 1.29. The molecule has 5 heteroatoms. The van der Waals surface area contributed by atoms with Crippen LogP contribution in [0.5, 0.6) is 0 Å². The number of nitrogens with one attached hydrogen (secondary N) is 1. The smallest absolute Gasteiger partial charge is 0.235 e. The van der Waals surface area contributed by atoms with E-state index in [1.165, 1.54) is 0 Å². The molecule has 1 aromatic carbocycles. The van der Waals surface area contributed by atoms with Crippen molar-refractivity contribution in [3.05, 3.63) is 29.8 Å². The molecule has 1 aliphatic rings. The van der Waals surface area contributed by atoms with Gasteiger partial charge in [0.05, 0.1) is 5.25 Å². The third-order valence-corrected chi connectivity index (χ3v) is 4.85. The highest BCUT2D eigenvalue weighted by molar-refractivity contribution is 9.08. The maximum atomic E-state index is 11.6. The average molecular weight is 290 g/mol. The molecule has 0 aliphatic heterocycles. The zero-order valence-corrected chi connectivity index (χ0v) is 10.5. The fourth-order valence-corrected chi connectivity index (χ4v) is 3.05. The van der Waals surface area contributed by atoms with Crippen LogP contribution in [0.4, 0.5) is 5.69 Å². The van der Waals surface area contributed by atoms with Gasteiger partial charge in [0.2, 0.25) is 10.0 Å². The minimum atomic E-state index is -3.12. The van der Waals surface area contributed by atoms with Crippen LogP contribution in [0.3, 0.4) is 0 Å². The van der Waals surface area contributed by atoms with Crippen LogP contribution in [-0.4, -0.2) is 13.7 Å². The van der Waals surface area contributed by atoms with Gasteiger partial charge in [-0.25, -0.2) is 8.42 Å². The summed E-state index contributed by atoms with van der Waals surface area (Å²) in [5, 5.41) is 0.608. The van der Waals surface area contributed by atoms with Crippen molar-refractivity contribution in [3.8, 4) is 0 Å². The van der Waals surface area contributed by atoms with E-state index in [1.807, 2.05) is 12.1 Å². The van der Waals surface area contributed by atoms with Crippen LogP contribution in [0.2, 0.25) is 0 Å². The number of alkyl halides is 1. The minimum absolute atomic E-state index is 0.173. The second kappa shape index (κ2) is 4.14. The van der Waals surface area contributed by atoms with E-state index in [2.05, 4.69) is 20.7 Å². The Hall–Kier alpha value is -0.550. The number of anilines is 1. The Morgan fingerprint density at radius 2 is 1.87 bits per heavy atom. The first-order chi connectivity index (χ1) is 7.12. The van der Waals surface area contributed by atoms with Gasteiger partial charge >= 0.3 is 0 Å². The zero-order chi connectivity index (χ0) is 10.9. The molecule has 1 fully saturated rings. The Morgan fingerprint density at radius 3 is 2.33 bits per heavy atom. The fraction of sp³-hybridized carbons (Fsp3) is 0.400. The summed E-state index contributed by atoms with van der Waals surface area (Å²) in [4.78, 5) is 0. The largest absolute Gasteiger partial charge is 0.283 e. The Morgan fingerprint density at radius 1 is 1.27 bits per heavy atom. The molecule has 0 unspecified atom stereocenters. The van der Waals surface area contributed by atoms with Gasteiger partial charge in [0.15, 0.2) is 0 Å². The molecule has 0 saturated heterocycles. The zero-order valence-electron chi connectivity index (χ0n) is 8.11. The molecule has 3 nitrogen and oxygen atoms in total. The van der Waals surface area contributed by atoms with E-state index >= 15 is 0 Å². The van der Waals surface area contributed by atoms with Crippen molar-refractivity contribution in [3.63, 3.8) is 0 Å². The highest BCUT2D eigenvalue weighted by Gasteiger charge is 2.35. The van der Waals surface area contributed by atoms with Crippen molar-refractivity contribution in [2.45, 2.75) is 23.4 Å². The predicted molar refractivity (Wildman–Crippen MR) is 64.6 cm³/mol. The van der Waals surface area contributed by atoms with Gasteiger partial charge in [-0.1, -0.05) is 28.1 Å². The minimum Gasteiger partial charge on any atom is -0.283 e. The second-order valence-electron chi connectivity index (χ2n) is 3.68. The lowest BCUT2D eigenvalue weighted by atomic mass is 10.2. The third kappa shape index (κ3) is 2.72. The van der Waals surface area contributed by atoms with E-state index in [-0.39, 0.29) is 5.25 Å². The maximum absolute atomic E-state index is 11.6. The van der Waals surface area contributed by atoms with Crippen molar-refractivity contribution < 1.29 is 8.42 Å². The highest BCUT2D eigenvalue weighted by Crippen LogP contribution is 2.29. The molecule has 0 aromatic heterocycles. The van der Waals surface area contributed by atoms with Gasteiger partial charge in [0.25, 0.3) is 0 Å². The van der Waals surface area contributed by atoms with Crippen LogP contribution in [0, 0.1) is 0 Å². The first-order valence-electron chi connectivity index (χ1n) is 4.78. The molecule has 0 radical (unpaired) electrons. The van der Waals surface area contributed by atoms with Crippen molar-refractivity contribution in [1.29, 1.82) is 0 Å². The number of benzene rings is 1. The molecule has 82 valence electrons. The summed E-state index contributed by atoms with van der Waals surface area (Å²) in [5.74, 6) is 0. The number of sulfonamides is 1. The Kier molecular flexibility index (Phi) is 3.02. The summed E-state index contributed by atoms with van der Waals surface area (Å²) in [7, 11) is -3.12. The SMILES string of the molecule is O=S(=O)(Nc1ccc(CBr)cc1)C1CC1. The van der Waals surface area contributed by atoms with E-state index in [1.54, 1.807) is 12.1 Å². The van der Waals surface area contributed by atoms with E-state index in [9.17, 15) is 8.42 Å². The molecule has 0 atom stereocenters. The number of hydrogen-bond acceptors (Lipinski definition) is 2. The third-order valence-electron chi connectivity index (χ3n) is 2.33. The molecule has 2 rings (SSSR count). The number of rotatable bonds is 4. The van der Waals surface area contributed by atoms with Gasteiger partial charge in [-0.05, 0) is 30.5 Å². The summed E-state index contributed by atoms with van der Waals surface area (Å²) in [6, 6.07) is 7.38. The predicted octanol–water partition coefficient (Wildman–Crippen LogP) is 2.49. The van der Waals surface area contributed by atoms with Gasteiger partial charge in [-0.15, -0.1) is 0 Å². The lowest BCUT2D eigenvalue weighted by Gasteiger charge is -2.06. The Bertz CT molecular complexity index is 437. The van der Waals surface area contributed by atoms with Crippen LogP contribution in [0.15, 0.2) is 24.3 Å². The average Bonchev–Trinajstić information content (AvgIpc) is 3.01. The molecule has 0 heterocycles. The maximum Gasteiger partial charge on any atom is 0.235 e. The van der Waals surface area contributed by atoms with Gasteiger partial charge in [-0.3, -0.25) is 4.72 Å². The lowest BCUT2D eigenvalue weighted by Crippen LogP contribution is -2.17. The molecular weight excluding hydrogens is 278 g/mol. The van der Waals surface area contributed by atoms with Crippen LogP contribution >= 0.6 is 15.9 Å². The van der Waals surface area contributed by atoms with Crippen molar-refractivity contribution in [2.75, 3.05) is 4.72 Å². The Labute approximate surface area is 98.1 Å². The second-order valence-corrected chi connectivity index (χ2v) is 6.20. The van der Waals surface area contributed by atoms with Crippen molar-refractivity contribution >= 4 is 31.6 Å². The molecule has 0 amide bonds. The lowest BCUT2D eigenvalue weighted by molar-refractivity contribution is 0.600. The van der Waals surface area contributed by atoms with Crippen molar-refractivity contribution in [1.82, 2.24) is 0 Å². The first kappa shape index (κ1) is 11.0. The molecule has 15 heavy (non-hydrogen) atoms. The summed E-state index contributed by atoms with van der Waals surface area (Å²) in [6.07, 6.45) is 1.57. The van der Waals surface area contributed by atoms with E-state index in [0.717, 1.165) is 23.7 Å². The quantitative estimate of drug-likeness (QED) is 0.866. The van der Waals surface area contributed by atoms with Crippen LogP contribution in [-0.2, 0) is 15.4 Å². The summed E-state index contributed by atoms with van der Waals surface area (Å²) in [6.45, 7) is 0. The number of halogens is 1. The molecule has 1 aromatic rings. The van der Waals surface area contributed by atoms with Crippen LogP contribution in [0.25, 0.3) is 0 Å². The molecule has 1 aliphatic carbocycles. The Balaban J connectivity index is 2.10. The summed E-state index contributed by atoms with van der Waals surface area (Å²) >= 11 is 3.34. The van der Waals surface area contributed by atoms with E-state index in [4.69, 9.17) is 0 Å². The van der Waals surface area contributed by atoms with Gasteiger partial charge in [0, 0.05) is 11.0 Å².